The maximum absolute atomic E-state index is 11.0. The minimum atomic E-state index is -0.701. The molecule has 1 unspecified atom stereocenters. The highest BCUT2D eigenvalue weighted by Gasteiger charge is 2.26. The standard InChI is InChI=1S/C13H19NO2S/c1-10-5-8-17-13(10)11(9-12(15)16)14-6-3-2-4-7-14/h5,8,11H,2-4,6-7,9H2,1H3,(H,15,16). The fraction of sp³-hybridized carbons (Fsp3) is 0.615. The molecule has 0 radical (unpaired) electrons. The molecule has 17 heavy (non-hydrogen) atoms. The summed E-state index contributed by atoms with van der Waals surface area (Å²) in [4.78, 5) is 14.6. The van der Waals surface area contributed by atoms with E-state index in [1.807, 2.05) is 0 Å². The lowest BCUT2D eigenvalue weighted by atomic mass is 10.0. The van der Waals surface area contributed by atoms with Crippen LogP contribution in [0.25, 0.3) is 0 Å². The van der Waals surface area contributed by atoms with Gasteiger partial charge in [-0.05, 0) is 49.9 Å². The number of aryl methyl sites for hydroxylation is 1. The zero-order valence-electron chi connectivity index (χ0n) is 10.2. The number of aliphatic carboxylic acids is 1. The van der Waals surface area contributed by atoms with Crippen molar-refractivity contribution in [1.82, 2.24) is 4.90 Å². The molecule has 0 amide bonds. The van der Waals surface area contributed by atoms with Crippen molar-refractivity contribution in [2.45, 2.75) is 38.6 Å². The van der Waals surface area contributed by atoms with Crippen LogP contribution in [0.5, 0.6) is 0 Å². The molecular weight excluding hydrogens is 234 g/mol. The smallest absolute Gasteiger partial charge is 0.305 e. The average Bonchev–Trinajstić information content (AvgIpc) is 2.73. The van der Waals surface area contributed by atoms with Gasteiger partial charge in [0, 0.05) is 4.88 Å². The summed E-state index contributed by atoms with van der Waals surface area (Å²) in [5.74, 6) is -0.701. The van der Waals surface area contributed by atoms with Crippen molar-refractivity contribution >= 4 is 17.3 Å². The van der Waals surface area contributed by atoms with Gasteiger partial charge in [0.1, 0.15) is 0 Å². The summed E-state index contributed by atoms with van der Waals surface area (Å²) in [5, 5.41) is 11.1. The summed E-state index contributed by atoms with van der Waals surface area (Å²) in [7, 11) is 0. The van der Waals surface area contributed by atoms with Crippen LogP contribution in [0.1, 0.15) is 42.2 Å². The molecule has 1 aliphatic rings. The molecule has 1 N–H and O–H groups in total. The lowest BCUT2D eigenvalue weighted by Gasteiger charge is -2.33. The average molecular weight is 253 g/mol. The van der Waals surface area contributed by atoms with Crippen molar-refractivity contribution in [1.29, 1.82) is 0 Å². The van der Waals surface area contributed by atoms with Gasteiger partial charge in [-0.3, -0.25) is 9.69 Å². The van der Waals surface area contributed by atoms with Gasteiger partial charge in [0.2, 0.25) is 0 Å². The first kappa shape index (κ1) is 12.6. The van der Waals surface area contributed by atoms with Crippen LogP contribution < -0.4 is 0 Å². The van der Waals surface area contributed by atoms with Crippen LogP contribution in [0, 0.1) is 6.92 Å². The van der Waals surface area contributed by atoms with Crippen LogP contribution >= 0.6 is 11.3 Å². The van der Waals surface area contributed by atoms with E-state index < -0.39 is 5.97 Å². The van der Waals surface area contributed by atoms with Crippen LogP contribution in [-0.2, 0) is 4.79 Å². The highest BCUT2D eigenvalue weighted by molar-refractivity contribution is 7.10. The Morgan fingerprint density at radius 3 is 2.71 bits per heavy atom. The highest BCUT2D eigenvalue weighted by Crippen LogP contribution is 2.33. The Hall–Kier alpha value is -0.870. The van der Waals surface area contributed by atoms with E-state index in [-0.39, 0.29) is 12.5 Å². The van der Waals surface area contributed by atoms with E-state index in [1.165, 1.54) is 29.7 Å². The van der Waals surface area contributed by atoms with Crippen molar-refractivity contribution < 1.29 is 9.90 Å². The summed E-state index contributed by atoms with van der Waals surface area (Å²) < 4.78 is 0. The molecule has 1 aromatic rings. The van der Waals surface area contributed by atoms with E-state index in [9.17, 15) is 4.79 Å². The number of rotatable bonds is 4. The topological polar surface area (TPSA) is 40.5 Å². The number of hydrogen-bond acceptors (Lipinski definition) is 3. The Kier molecular flexibility index (Phi) is 4.18. The van der Waals surface area contributed by atoms with Gasteiger partial charge in [-0.15, -0.1) is 11.3 Å². The summed E-state index contributed by atoms with van der Waals surface area (Å²) in [6.45, 7) is 4.15. The lowest BCUT2D eigenvalue weighted by Crippen LogP contribution is -2.34. The molecule has 1 atom stereocenters. The third-order valence-corrected chi connectivity index (χ3v) is 4.52. The summed E-state index contributed by atoms with van der Waals surface area (Å²) in [6, 6.07) is 2.16. The van der Waals surface area contributed by atoms with Gasteiger partial charge >= 0.3 is 5.97 Å². The molecule has 1 fully saturated rings. The number of piperidine rings is 1. The molecule has 2 rings (SSSR count). The second-order valence-corrected chi connectivity index (χ2v) is 5.63. The van der Waals surface area contributed by atoms with Gasteiger partial charge < -0.3 is 5.11 Å². The van der Waals surface area contributed by atoms with Gasteiger partial charge in [-0.25, -0.2) is 0 Å². The van der Waals surface area contributed by atoms with Crippen molar-refractivity contribution in [2.24, 2.45) is 0 Å². The predicted octanol–water partition coefficient (Wildman–Crippen LogP) is 3.06. The first-order valence-electron chi connectivity index (χ1n) is 6.18. The van der Waals surface area contributed by atoms with Crippen molar-refractivity contribution in [3.8, 4) is 0 Å². The quantitative estimate of drug-likeness (QED) is 0.896. The van der Waals surface area contributed by atoms with E-state index in [4.69, 9.17) is 5.11 Å². The Morgan fingerprint density at radius 2 is 2.18 bits per heavy atom. The number of carboxylic acid groups (broad SMARTS) is 1. The molecule has 1 aliphatic heterocycles. The highest BCUT2D eigenvalue weighted by atomic mass is 32.1. The maximum Gasteiger partial charge on any atom is 0.305 e. The second kappa shape index (κ2) is 5.65. The lowest BCUT2D eigenvalue weighted by molar-refractivity contribution is -0.138. The molecule has 0 saturated carbocycles. The van der Waals surface area contributed by atoms with Gasteiger partial charge in [0.15, 0.2) is 0 Å². The zero-order valence-corrected chi connectivity index (χ0v) is 11.0. The zero-order chi connectivity index (χ0) is 12.3. The van der Waals surface area contributed by atoms with Gasteiger partial charge in [0.25, 0.3) is 0 Å². The predicted molar refractivity (Wildman–Crippen MR) is 69.5 cm³/mol. The Bertz CT molecular complexity index is 383. The summed E-state index contributed by atoms with van der Waals surface area (Å²) in [6.07, 6.45) is 3.89. The van der Waals surface area contributed by atoms with Gasteiger partial charge in [0.05, 0.1) is 12.5 Å². The first-order valence-corrected chi connectivity index (χ1v) is 7.06. The number of likely N-dealkylation sites (tertiary alicyclic amines) is 1. The molecule has 0 aliphatic carbocycles. The number of nitrogens with zero attached hydrogens (tertiary/aromatic N) is 1. The van der Waals surface area contributed by atoms with Crippen LogP contribution in [0.4, 0.5) is 0 Å². The van der Waals surface area contributed by atoms with Crippen LogP contribution in [0.15, 0.2) is 11.4 Å². The number of carboxylic acids is 1. The third kappa shape index (κ3) is 3.07. The molecule has 0 spiro atoms. The van der Waals surface area contributed by atoms with Crippen LogP contribution in [-0.4, -0.2) is 29.1 Å². The largest absolute Gasteiger partial charge is 0.481 e. The second-order valence-electron chi connectivity index (χ2n) is 4.68. The molecule has 0 aromatic carbocycles. The first-order chi connectivity index (χ1) is 8.18. The third-order valence-electron chi connectivity index (χ3n) is 3.40. The molecule has 94 valence electrons. The molecule has 2 heterocycles. The Balaban J connectivity index is 2.18. The fourth-order valence-electron chi connectivity index (χ4n) is 2.51. The Morgan fingerprint density at radius 1 is 1.47 bits per heavy atom. The minimum Gasteiger partial charge on any atom is -0.481 e. The van der Waals surface area contributed by atoms with E-state index in [0.717, 1.165) is 13.1 Å². The molecule has 1 aromatic heterocycles. The van der Waals surface area contributed by atoms with E-state index in [1.54, 1.807) is 11.3 Å². The van der Waals surface area contributed by atoms with E-state index in [2.05, 4.69) is 23.3 Å². The van der Waals surface area contributed by atoms with E-state index in [0.29, 0.717) is 0 Å². The summed E-state index contributed by atoms with van der Waals surface area (Å²) >= 11 is 1.69. The number of thiophene rings is 1. The van der Waals surface area contributed by atoms with Crippen molar-refractivity contribution in [2.75, 3.05) is 13.1 Å². The molecular formula is C13H19NO2S. The fourth-order valence-corrected chi connectivity index (χ4v) is 3.57. The van der Waals surface area contributed by atoms with Crippen LogP contribution in [0.2, 0.25) is 0 Å². The minimum absolute atomic E-state index is 0.0767. The maximum atomic E-state index is 11.0. The normalized spacial score (nSPS) is 19.1. The van der Waals surface area contributed by atoms with Crippen molar-refractivity contribution in [3.63, 3.8) is 0 Å². The van der Waals surface area contributed by atoms with E-state index >= 15 is 0 Å². The molecule has 0 bridgehead atoms. The SMILES string of the molecule is Cc1ccsc1C(CC(=O)O)N1CCCCC1. The van der Waals surface area contributed by atoms with Crippen molar-refractivity contribution in [3.05, 3.63) is 21.9 Å². The Labute approximate surface area is 106 Å². The molecule has 3 nitrogen and oxygen atoms in total. The van der Waals surface area contributed by atoms with Gasteiger partial charge in [-0.1, -0.05) is 6.42 Å². The number of hydrogen-bond donors (Lipinski definition) is 1. The van der Waals surface area contributed by atoms with Gasteiger partial charge in [-0.2, -0.15) is 0 Å². The molecule has 4 heteroatoms. The molecule has 1 saturated heterocycles. The van der Waals surface area contributed by atoms with Crippen LogP contribution in [0.3, 0.4) is 0 Å². The summed E-state index contributed by atoms with van der Waals surface area (Å²) in [5.41, 5.74) is 1.23. The monoisotopic (exact) mass is 253 g/mol. The number of carbonyl (C=O) groups is 1.